The summed E-state index contributed by atoms with van der Waals surface area (Å²) in [5, 5.41) is 20.4. The lowest BCUT2D eigenvalue weighted by molar-refractivity contribution is 0.104. The summed E-state index contributed by atoms with van der Waals surface area (Å²) >= 11 is 0. The van der Waals surface area contributed by atoms with Gasteiger partial charge in [0.05, 0.1) is 0 Å². The van der Waals surface area contributed by atoms with Crippen LogP contribution in [0.4, 0.5) is 34.1 Å². The number of benzene rings is 7. The van der Waals surface area contributed by atoms with Crippen LogP contribution in [0.3, 0.4) is 0 Å². The van der Waals surface area contributed by atoms with E-state index < -0.39 is 0 Å². The summed E-state index contributed by atoms with van der Waals surface area (Å²) in [7, 11) is 0. The molecule has 0 saturated carbocycles. The minimum atomic E-state index is -0.0771. The van der Waals surface area contributed by atoms with Crippen molar-refractivity contribution in [2.24, 2.45) is 0 Å². The first kappa shape index (κ1) is 30.6. The van der Waals surface area contributed by atoms with E-state index >= 15 is 0 Å². The zero-order valence-electron chi connectivity index (χ0n) is 27.9. The molecule has 5 nitrogen and oxygen atoms in total. The summed E-state index contributed by atoms with van der Waals surface area (Å²) < 4.78 is 0. The van der Waals surface area contributed by atoms with E-state index in [-0.39, 0.29) is 11.4 Å². The molecule has 0 saturated heterocycles. The highest BCUT2D eigenvalue weighted by molar-refractivity contribution is 6.27. The fraction of sp³-hybridized carbons (Fsp3) is 0. The second-order valence-corrected chi connectivity index (χ2v) is 12.7. The fourth-order valence-electron chi connectivity index (χ4n) is 7.63. The van der Waals surface area contributed by atoms with Gasteiger partial charge in [-0.3, -0.25) is 4.79 Å². The van der Waals surface area contributed by atoms with E-state index in [1.807, 2.05) is 115 Å². The van der Waals surface area contributed by atoms with Crippen LogP contribution in [-0.2, 0) is 0 Å². The van der Waals surface area contributed by atoms with Crippen LogP contribution in [0.5, 0.6) is 0 Å². The van der Waals surface area contributed by atoms with Crippen LogP contribution in [0.1, 0.15) is 27.0 Å². The second-order valence-electron chi connectivity index (χ2n) is 12.7. The lowest BCUT2D eigenvalue weighted by atomic mass is 9.93. The number of carbonyl (C=O) groups is 1. The van der Waals surface area contributed by atoms with E-state index in [0.717, 1.165) is 61.9 Å². The molecule has 0 spiro atoms. The number of fused-ring (bicyclic) bond motifs is 7. The first-order chi connectivity index (χ1) is 25.7. The van der Waals surface area contributed by atoms with E-state index in [2.05, 4.69) is 76.5 Å². The maximum Gasteiger partial charge on any atom is 0.194 e. The van der Waals surface area contributed by atoms with Gasteiger partial charge in [0.15, 0.2) is 5.78 Å². The van der Waals surface area contributed by atoms with Crippen LogP contribution in [0.2, 0.25) is 0 Å². The topological polar surface area (TPSA) is 71.1 Å². The molecule has 2 aliphatic carbocycles. The smallest absolute Gasteiger partial charge is 0.194 e. The minimum absolute atomic E-state index is 0.00897. The van der Waals surface area contributed by atoms with Crippen LogP contribution in [0.25, 0.3) is 27.8 Å². The number of hydrogen-bond acceptors (Lipinski definition) is 5. The lowest BCUT2D eigenvalue weighted by Crippen LogP contribution is -2.10. The third kappa shape index (κ3) is 4.81. The predicted molar refractivity (Wildman–Crippen MR) is 207 cm³/mol. The highest BCUT2D eigenvalue weighted by Crippen LogP contribution is 2.54. The Hall–Kier alpha value is -7.47. The van der Waals surface area contributed by atoms with Crippen LogP contribution in [-0.4, -0.2) is 5.78 Å². The molecule has 242 valence electrons. The SMILES string of the molecule is N#CC(C#N)=C1c2cc(N(c3ccccc3)c3ccccc3)ccc2-c2c1ccc1c2C(=O)c2cc(N(c3ccccc3)c3ccccc3)ccc2-1. The first-order valence-electron chi connectivity index (χ1n) is 17.0. The number of allylic oxidation sites excluding steroid dienone is 1. The number of anilines is 6. The van der Waals surface area contributed by atoms with Gasteiger partial charge < -0.3 is 9.80 Å². The first-order valence-corrected chi connectivity index (χ1v) is 17.0. The Morgan fingerprint density at radius 1 is 0.385 bits per heavy atom. The zero-order valence-corrected chi connectivity index (χ0v) is 27.9. The second kappa shape index (κ2) is 12.4. The average Bonchev–Trinajstić information content (AvgIpc) is 3.68. The number of nitrogens with zero attached hydrogens (tertiary/aromatic N) is 4. The van der Waals surface area contributed by atoms with Crippen molar-refractivity contribution >= 4 is 45.5 Å². The van der Waals surface area contributed by atoms with E-state index in [1.54, 1.807) is 0 Å². The molecule has 0 fully saturated rings. The predicted octanol–water partition coefficient (Wildman–Crippen LogP) is 11.7. The van der Waals surface area contributed by atoms with Crippen molar-refractivity contribution in [2.75, 3.05) is 9.80 Å². The molecule has 0 aliphatic heterocycles. The van der Waals surface area contributed by atoms with Crippen LogP contribution in [0.15, 0.2) is 175 Å². The third-order valence-electron chi connectivity index (χ3n) is 9.83. The van der Waals surface area contributed by atoms with Crippen molar-refractivity contribution in [1.82, 2.24) is 0 Å². The molecular formula is C47H28N4O. The molecule has 0 unspecified atom stereocenters. The molecule has 0 N–H and O–H groups in total. The molecule has 7 aromatic rings. The Labute approximate surface area is 301 Å². The van der Waals surface area contributed by atoms with E-state index in [4.69, 9.17) is 0 Å². The molecule has 0 bridgehead atoms. The molecule has 0 aromatic heterocycles. The van der Waals surface area contributed by atoms with E-state index in [0.29, 0.717) is 22.3 Å². The Morgan fingerprint density at radius 3 is 1.25 bits per heavy atom. The summed E-state index contributed by atoms with van der Waals surface area (Å²) in [6.45, 7) is 0. The van der Waals surface area contributed by atoms with Crippen LogP contribution >= 0.6 is 0 Å². The summed E-state index contributed by atoms with van der Waals surface area (Å²) in [6.07, 6.45) is 0. The Bertz CT molecular complexity index is 2560. The van der Waals surface area contributed by atoms with Gasteiger partial charge >= 0.3 is 0 Å². The monoisotopic (exact) mass is 664 g/mol. The largest absolute Gasteiger partial charge is 0.310 e. The zero-order chi connectivity index (χ0) is 35.2. The van der Waals surface area contributed by atoms with Gasteiger partial charge in [-0.2, -0.15) is 10.5 Å². The Morgan fingerprint density at radius 2 is 0.788 bits per heavy atom. The van der Waals surface area contributed by atoms with Gasteiger partial charge in [-0.05, 0) is 101 Å². The Balaban J connectivity index is 1.21. The molecular weight excluding hydrogens is 637 g/mol. The standard InChI is InChI=1S/C47H28N4O/c48-29-31(30-49)44-41-26-25-39-38-23-21-37(51(34-17-9-3-10-18-34)35-19-11-4-12-20-35)28-43(38)47(52)46(39)45(41)40-24-22-36(27-42(40)44)50(32-13-5-1-6-14-32)33-15-7-2-8-16-33/h1-28H. The molecule has 0 atom stereocenters. The van der Waals surface area contributed by atoms with Crippen molar-refractivity contribution in [3.05, 3.63) is 198 Å². The van der Waals surface area contributed by atoms with Crippen molar-refractivity contribution < 1.29 is 4.79 Å². The molecule has 2 aliphatic rings. The van der Waals surface area contributed by atoms with Crippen LogP contribution in [0, 0.1) is 22.7 Å². The van der Waals surface area contributed by atoms with Crippen molar-refractivity contribution in [1.29, 1.82) is 10.5 Å². The van der Waals surface area contributed by atoms with Gasteiger partial charge in [-0.15, -0.1) is 0 Å². The quantitative estimate of drug-likeness (QED) is 0.165. The molecule has 0 heterocycles. The highest BCUT2D eigenvalue weighted by Gasteiger charge is 2.37. The molecule has 7 aromatic carbocycles. The number of carbonyl (C=O) groups excluding carboxylic acids is 1. The van der Waals surface area contributed by atoms with Crippen molar-refractivity contribution in [3.63, 3.8) is 0 Å². The van der Waals surface area contributed by atoms with Crippen molar-refractivity contribution in [2.45, 2.75) is 0 Å². The summed E-state index contributed by atoms with van der Waals surface area (Å²) in [6, 6.07) is 60.8. The number of ketones is 1. The number of rotatable bonds is 6. The molecule has 52 heavy (non-hydrogen) atoms. The average molecular weight is 665 g/mol. The fourth-order valence-corrected chi connectivity index (χ4v) is 7.63. The maximum absolute atomic E-state index is 14.7. The summed E-state index contributed by atoms with van der Waals surface area (Å²) in [5.74, 6) is -0.0771. The molecule has 9 rings (SSSR count). The van der Waals surface area contributed by atoms with Gasteiger partial charge in [-0.25, -0.2) is 0 Å². The normalized spacial score (nSPS) is 11.8. The van der Waals surface area contributed by atoms with Gasteiger partial charge in [0.2, 0.25) is 0 Å². The van der Waals surface area contributed by atoms with Crippen molar-refractivity contribution in [3.8, 4) is 34.4 Å². The van der Waals surface area contributed by atoms with Crippen LogP contribution < -0.4 is 9.80 Å². The van der Waals surface area contributed by atoms with Gasteiger partial charge in [0.25, 0.3) is 0 Å². The Kier molecular flexibility index (Phi) is 7.32. The van der Waals surface area contributed by atoms with E-state index in [1.165, 1.54) is 0 Å². The molecule has 0 radical (unpaired) electrons. The third-order valence-corrected chi connectivity index (χ3v) is 9.83. The highest BCUT2D eigenvalue weighted by atomic mass is 16.1. The van der Waals surface area contributed by atoms with Gasteiger partial charge in [0, 0.05) is 56.4 Å². The minimum Gasteiger partial charge on any atom is -0.310 e. The maximum atomic E-state index is 14.7. The summed E-state index contributed by atoms with van der Waals surface area (Å²) in [4.78, 5) is 19.0. The molecule has 0 amide bonds. The van der Waals surface area contributed by atoms with Gasteiger partial charge in [0.1, 0.15) is 17.7 Å². The summed E-state index contributed by atoms with van der Waals surface area (Å²) in [5.41, 5.74) is 12.2. The van der Waals surface area contributed by atoms with E-state index in [9.17, 15) is 15.3 Å². The lowest BCUT2D eigenvalue weighted by Gasteiger charge is -2.26. The van der Waals surface area contributed by atoms with Gasteiger partial charge in [-0.1, -0.05) is 97.1 Å². The number of para-hydroxylation sites is 4. The molecule has 5 heteroatoms. The number of nitriles is 2. The number of hydrogen-bond donors (Lipinski definition) is 0.